The average molecular weight is 303 g/mol. The van der Waals surface area contributed by atoms with Crippen LogP contribution in [0.1, 0.15) is 6.42 Å². The Hall–Kier alpha value is -2.83. The van der Waals surface area contributed by atoms with Crippen LogP contribution in [-0.2, 0) is 4.79 Å². The van der Waals surface area contributed by atoms with Crippen LogP contribution in [0, 0.1) is 21.4 Å². The van der Waals surface area contributed by atoms with Crippen molar-refractivity contribution in [2.75, 3.05) is 11.9 Å². The third-order valence-corrected chi connectivity index (χ3v) is 2.03. The van der Waals surface area contributed by atoms with Crippen LogP contribution in [0.25, 0.3) is 0 Å². The highest BCUT2D eigenvalue weighted by Gasteiger charge is 2.28. The largest absolute Gasteiger partial charge is 0.484 e. The quantitative estimate of drug-likeness (QED) is 0.664. The van der Waals surface area contributed by atoms with Crippen molar-refractivity contribution in [1.82, 2.24) is 0 Å². The van der Waals surface area contributed by atoms with E-state index in [2.05, 4.69) is 10.1 Å². The lowest BCUT2D eigenvalue weighted by Gasteiger charge is -2.10. The van der Waals surface area contributed by atoms with Crippen LogP contribution in [0.3, 0.4) is 0 Å². The van der Waals surface area contributed by atoms with Gasteiger partial charge >= 0.3 is 6.18 Å². The lowest BCUT2D eigenvalue weighted by Crippen LogP contribution is -2.19. The summed E-state index contributed by atoms with van der Waals surface area (Å²) in [6.07, 6.45) is -5.10. The summed E-state index contributed by atoms with van der Waals surface area (Å²) in [6, 6.07) is 4.29. The van der Waals surface area contributed by atoms with Gasteiger partial charge in [0, 0.05) is 12.1 Å². The summed E-state index contributed by atoms with van der Waals surface area (Å²) in [4.78, 5) is 21.0. The molecular weight excluding hydrogens is 295 g/mol. The monoisotopic (exact) mass is 303 g/mol. The highest BCUT2D eigenvalue weighted by molar-refractivity contribution is 5.92. The Labute approximate surface area is 116 Å². The molecule has 0 bridgehead atoms. The number of benzene rings is 1. The third kappa shape index (κ3) is 5.77. The number of nitrogens with zero attached hydrogens (tertiary/aromatic N) is 2. The summed E-state index contributed by atoms with van der Waals surface area (Å²) < 4.78 is 40.5. The Morgan fingerprint density at radius 3 is 2.62 bits per heavy atom. The number of non-ortho nitro benzene ring substituents is 1. The molecule has 1 N–H and O–H groups in total. The highest BCUT2D eigenvalue weighted by atomic mass is 19.4. The number of nitro groups is 1. The number of ether oxygens (including phenoxy) is 1. The van der Waals surface area contributed by atoms with E-state index >= 15 is 0 Å². The molecule has 21 heavy (non-hydrogen) atoms. The molecule has 0 saturated heterocycles. The zero-order chi connectivity index (χ0) is 16.0. The minimum Gasteiger partial charge on any atom is -0.484 e. The number of carbonyl (C=O) groups excluding carboxylic acids is 1. The standard InChI is InChI=1S/C11H8F3N3O4/c12-11(13,14)6-21-9-4-7(16-10(18)1-2-15)3-8(5-9)17(19)20/h3-5H,1,6H2,(H,16,18). The zero-order valence-corrected chi connectivity index (χ0v) is 10.3. The first-order valence-electron chi connectivity index (χ1n) is 5.37. The maximum Gasteiger partial charge on any atom is 0.422 e. The number of rotatable bonds is 5. The van der Waals surface area contributed by atoms with Crippen LogP contribution in [0.2, 0.25) is 0 Å². The van der Waals surface area contributed by atoms with Gasteiger partial charge in [-0.1, -0.05) is 0 Å². The number of nitro benzene ring substituents is 1. The van der Waals surface area contributed by atoms with Gasteiger partial charge in [-0.25, -0.2) is 0 Å². The molecule has 1 rings (SSSR count). The van der Waals surface area contributed by atoms with E-state index in [1.54, 1.807) is 6.07 Å². The first kappa shape index (κ1) is 16.2. The van der Waals surface area contributed by atoms with Gasteiger partial charge in [-0.2, -0.15) is 18.4 Å². The fourth-order valence-corrected chi connectivity index (χ4v) is 1.29. The molecule has 1 aromatic rings. The molecule has 10 heteroatoms. The lowest BCUT2D eigenvalue weighted by atomic mass is 10.2. The molecular formula is C11H8F3N3O4. The molecule has 1 amide bonds. The fourth-order valence-electron chi connectivity index (χ4n) is 1.29. The van der Waals surface area contributed by atoms with Crippen LogP contribution in [0.4, 0.5) is 24.5 Å². The Morgan fingerprint density at radius 1 is 1.43 bits per heavy atom. The van der Waals surface area contributed by atoms with Crippen molar-refractivity contribution in [3.05, 3.63) is 28.3 Å². The number of hydrogen-bond donors (Lipinski definition) is 1. The van der Waals surface area contributed by atoms with E-state index in [1.165, 1.54) is 0 Å². The van der Waals surface area contributed by atoms with Gasteiger partial charge in [0.05, 0.1) is 22.7 Å². The molecule has 1 aromatic carbocycles. The summed E-state index contributed by atoms with van der Waals surface area (Å²) in [5.41, 5.74) is -0.691. The van der Waals surface area contributed by atoms with Gasteiger partial charge in [-0.3, -0.25) is 14.9 Å². The van der Waals surface area contributed by atoms with Crippen LogP contribution in [-0.4, -0.2) is 23.6 Å². The van der Waals surface area contributed by atoms with Crippen molar-refractivity contribution < 1.29 is 27.6 Å². The normalized spacial score (nSPS) is 10.6. The smallest absolute Gasteiger partial charge is 0.422 e. The number of alkyl halides is 3. The van der Waals surface area contributed by atoms with Crippen molar-refractivity contribution in [2.24, 2.45) is 0 Å². The number of halogens is 3. The van der Waals surface area contributed by atoms with Crippen molar-refractivity contribution in [2.45, 2.75) is 12.6 Å². The first-order valence-corrected chi connectivity index (χ1v) is 5.37. The predicted molar refractivity (Wildman–Crippen MR) is 63.5 cm³/mol. The number of carbonyl (C=O) groups is 1. The summed E-state index contributed by atoms with van der Waals surface area (Å²) in [5, 5.41) is 21.1. The number of nitrogens with one attached hydrogen (secondary N) is 1. The number of anilines is 1. The molecule has 7 nitrogen and oxygen atoms in total. The van der Waals surface area contributed by atoms with E-state index in [0.29, 0.717) is 0 Å². The highest BCUT2D eigenvalue weighted by Crippen LogP contribution is 2.27. The molecule has 0 unspecified atom stereocenters. The average Bonchev–Trinajstić information content (AvgIpc) is 2.35. The van der Waals surface area contributed by atoms with Gasteiger partial charge < -0.3 is 10.1 Å². The summed E-state index contributed by atoms with van der Waals surface area (Å²) in [5.74, 6) is -1.17. The van der Waals surface area contributed by atoms with E-state index < -0.39 is 41.5 Å². The minimum absolute atomic E-state index is 0.137. The van der Waals surface area contributed by atoms with Gasteiger partial charge in [-0.05, 0) is 0 Å². The molecule has 0 fully saturated rings. The predicted octanol–water partition coefficient (Wildman–Crippen LogP) is 2.39. The van der Waals surface area contributed by atoms with E-state index in [0.717, 1.165) is 18.2 Å². The maximum absolute atomic E-state index is 12.0. The number of nitriles is 1. The van der Waals surface area contributed by atoms with E-state index in [9.17, 15) is 28.1 Å². The summed E-state index contributed by atoms with van der Waals surface area (Å²) >= 11 is 0. The van der Waals surface area contributed by atoms with Gasteiger partial charge in [0.25, 0.3) is 5.69 Å². The molecule has 112 valence electrons. The van der Waals surface area contributed by atoms with Crippen molar-refractivity contribution in [1.29, 1.82) is 5.26 Å². The van der Waals surface area contributed by atoms with Crippen LogP contribution >= 0.6 is 0 Å². The van der Waals surface area contributed by atoms with Crippen molar-refractivity contribution in [3.8, 4) is 11.8 Å². The molecule has 0 atom stereocenters. The van der Waals surface area contributed by atoms with Crippen LogP contribution in [0.15, 0.2) is 18.2 Å². The van der Waals surface area contributed by atoms with E-state index in [-0.39, 0.29) is 5.69 Å². The Morgan fingerprint density at radius 2 is 2.10 bits per heavy atom. The second-order valence-electron chi connectivity index (χ2n) is 3.76. The topological polar surface area (TPSA) is 105 Å². The molecule has 0 radical (unpaired) electrons. The molecule has 0 aliphatic heterocycles. The van der Waals surface area contributed by atoms with E-state index in [1.807, 2.05) is 0 Å². The lowest BCUT2D eigenvalue weighted by molar-refractivity contribution is -0.384. The summed E-state index contributed by atoms with van der Waals surface area (Å²) in [6.45, 7) is -1.63. The SMILES string of the molecule is N#CCC(=O)Nc1cc(OCC(F)(F)F)cc([N+](=O)[O-])c1. The van der Waals surface area contributed by atoms with Gasteiger partial charge in [0.1, 0.15) is 12.2 Å². The van der Waals surface area contributed by atoms with Gasteiger partial charge in [-0.15, -0.1) is 0 Å². The molecule has 0 aromatic heterocycles. The molecule has 0 aliphatic carbocycles. The minimum atomic E-state index is -4.60. The van der Waals surface area contributed by atoms with E-state index in [4.69, 9.17) is 5.26 Å². The number of amides is 1. The zero-order valence-electron chi connectivity index (χ0n) is 10.3. The molecule has 0 spiro atoms. The van der Waals surface area contributed by atoms with Crippen LogP contribution < -0.4 is 10.1 Å². The second-order valence-corrected chi connectivity index (χ2v) is 3.76. The van der Waals surface area contributed by atoms with Crippen molar-refractivity contribution >= 4 is 17.3 Å². The maximum atomic E-state index is 12.0. The van der Waals surface area contributed by atoms with Gasteiger partial charge in [0.15, 0.2) is 6.61 Å². The van der Waals surface area contributed by atoms with Crippen LogP contribution in [0.5, 0.6) is 5.75 Å². The third-order valence-electron chi connectivity index (χ3n) is 2.03. The Bertz CT molecular complexity index is 595. The summed E-state index contributed by atoms with van der Waals surface area (Å²) in [7, 11) is 0. The van der Waals surface area contributed by atoms with Crippen molar-refractivity contribution in [3.63, 3.8) is 0 Å². The molecule has 0 saturated carbocycles. The Kier molecular flexibility index (Phi) is 5.06. The molecule has 0 heterocycles. The van der Waals surface area contributed by atoms with Gasteiger partial charge in [0.2, 0.25) is 5.91 Å². The first-order chi connectivity index (χ1) is 9.71. The Balaban J connectivity index is 2.98. The fraction of sp³-hybridized carbons (Fsp3) is 0.273. The number of hydrogen-bond acceptors (Lipinski definition) is 5. The molecule has 0 aliphatic rings. The second kappa shape index (κ2) is 6.56.